The van der Waals surface area contributed by atoms with Crippen LogP contribution in [0.4, 0.5) is 10.8 Å². The Balaban J connectivity index is 1.38. The van der Waals surface area contributed by atoms with Crippen molar-refractivity contribution >= 4 is 49.9 Å². The molecule has 11 heteroatoms. The first-order chi connectivity index (χ1) is 14.3. The number of carbonyl (C=O) groups excluding carboxylic acids is 3. The molecule has 1 fully saturated rings. The number of fused-ring (bicyclic) bond motifs is 1. The molecule has 2 aliphatic rings. The lowest BCUT2D eigenvalue weighted by molar-refractivity contribution is -0.142. The number of aromatic nitrogens is 1. The van der Waals surface area contributed by atoms with Crippen LogP contribution in [0.25, 0.3) is 0 Å². The zero-order valence-electron chi connectivity index (χ0n) is 15.6. The largest absolute Gasteiger partial charge is 0.325 e. The summed E-state index contributed by atoms with van der Waals surface area (Å²) < 4.78 is 27.0. The Hall–Kier alpha value is -3.05. The van der Waals surface area contributed by atoms with Crippen LogP contribution in [0.5, 0.6) is 0 Å². The van der Waals surface area contributed by atoms with Gasteiger partial charge < -0.3 is 5.32 Å². The van der Waals surface area contributed by atoms with Crippen molar-refractivity contribution < 1.29 is 22.8 Å². The Morgan fingerprint density at radius 1 is 1.10 bits per heavy atom. The minimum absolute atomic E-state index is 0.0113. The van der Waals surface area contributed by atoms with E-state index in [9.17, 15) is 22.8 Å². The molecule has 4 rings (SSSR count). The molecule has 3 amide bonds. The fourth-order valence-corrected chi connectivity index (χ4v) is 5.32. The summed E-state index contributed by atoms with van der Waals surface area (Å²) in [4.78, 5) is 42.1. The van der Waals surface area contributed by atoms with Crippen molar-refractivity contribution in [3.8, 4) is 0 Å². The molecule has 0 spiro atoms. The highest BCUT2D eigenvalue weighted by molar-refractivity contribution is 7.93. The number of carbonyl (C=O) groups is 3. The van der Waals surface area contributed by atoms with E-state index >= 15 is 0 Å². The minimum atomic E-state index is -3.79. The highest BCUT2D eigenvalue weighted by Crippen LogP contribution is 2.34. The van der Waals surface area contributed by atoms with E-state index in [1.54, 1.807) is 5.38 Å². The molecule has 30 heavy (non-hydrogen) atoms. The first-order valence-electron chi connectivity index (χ1n) is 9.17. The Morgan fingerprint density at radius 3 is 2.30 bits per heavy atom. The molecule has 0 unspecified atom stereocenters. The third kappa shape index (κ3) is 3.98. The zero-order valence-corrected chi connectivity index (χ0v) is 17.3. The second-order valence-electron chi connectivity index (χ2n) is 6.93. The number of sulfonamides is 1. The standard InChI is InChI=1S/C19H18N4O5S2/c24-16(11-23-17(25)14-3-1-2-4-15(14)18(23)26)21-12-5-7-13(8-6-12)30(27,28)22-19-20-9-10-29-19/h1-2,5-10,14-15H,3-4,11H2,(H,20,22)(H,21,24)/t14-,15-/m1/s1. The predicted molar refractivity (Wildman–Crippen MR) is 110 cm³/mol. The maximum absolute atomic E-state index is 12.4. The van der Waals surface area contributed by atoms with Gasteiger partial charge in [-0.05, 0) is 37.1 Å². The second kappa shape index (κ2) is 8.00. The molecule has 156 valence electrons. The maximum Gasteiger partial charge on any atom is 0.263 e. The number of allylic oxidation sites excluding steroid dienone is 2. The highest BCUT2D eigenvalue weighted by atomic mass is 32.2. The van der Waals surface area contributed by atoms with Crippen LogP contribution in [0.3, 0.4) is 0 Å². The van der Waals surface area contributed by atoms with E-state index in [0.29, 0.717) is 18.5 Å². The van der Waals surface area contributed by atoms with Crippen LogP contribution >= 0.6 is 11.3 Å². The second-order valence-corrected chi connectivity index (χ2v) is 9.51. The normalized spacial score (nSPS) is 20.9. The van der Waals surface area contributed by atoms with Gasteiger partial charge in [0.1, 0.15) is 6.54 Å². The molecular formula is C19H18N4O5S2. The number of likely N-dealkylation sites (tertiary alicyclic amines) is 1. The van der Waals surface area contributed by atoms with Gasteiger partial charge in [-0.15, -0.1) is 11.3 Å². The molecule has 9 nitrogen and oxygen atoms in total. The average molecular weight is 447 g/mol. The lowest BCUT2D eigenvalue weighted by Crippen LogP contribution is -2.38. The van der Waals surface area contributed by atoms with Crippen molar-refractivity contribution in [3.63, 3.8) is 0 Å². The molecule has 1 aliphatic carbocycles. The summed E-state index contributed by atoms with van der Waals surface area (Å²) >= 11 is 1.16. The number of rotatable bonds is 6. The summed E-state index contributed by atoms with van der Waals surface area (Å²) in [5.41, 5.74) is 0.353. The van der Waals surface area contributed by atoms with E-state index in [4.69, 9.17) is 0 Å². The lowest BCUT2D eigenvalue weighted by atomic mass is 9.85. The van der Waals surface area contributed by atoms with E-state index in [1.165, 1.54) is 30.5 Å². The van der Waals surface area contributed by atoms with Crippen molar-refractivity contribution in [3.05, 3.63) is 48.0 Å². The molecule has 0 radical (unpaired) electrons. The third-order valence-corrected chi connectivity index (χ3v) is 7.18. The van der Waals surface area contributed by atoms with Gasteiger partial charge in [0.2, 0.25) is 17.7 Å². The summed E-state index contributed by atoms with van der Waals surface area (Å²) in [5, 5.41) is 4.49. The van der Waals surface area contributed by atoms with Crippen molar-refractivity contribution in [2.45, 2.75) is 17.7 Å². The number of nitrogens with one attached hydrogen (secondary N) is 2. The highest BCUT2D eigenvalue weighted by Gasteiger charge is 2.47. The lowest BCUT2D eigenvalue weighted by Gasteiger charge is -2.14. The van der Waals surface area contributed by atoms with Crippen LogP contribution in [0, 0.1) is 11.8 Å². The topological polar surface area (TPSA) is 126 Å². The van der Waals surface area contributed by atoms with Gasteiger partial charge in [-0.3, -0.25) is 24.0 Å². The van der Waals surface area contributed by atoms with Crippen LogP contribution in [-0.4, -0.2) is 42.6 Å². The molecule has 0 bridgehead atoms. The molecule has 1 aromatic carbocycles. The summed E-state index contributed by atoms with van der Waals surface area (Å²) in [6.07, 6.45) is 6.28. The van der Waals surface area contributed by atoms with Crippen molar-refractivity contribution in [2.75, 3.05) is 16.6 Å². The molecule has 2 atom stereocenters. The monoisotopic (exact) mass is 446 g/mol. The quantitative estimate of drug-likeness (QED) is 0.515. The molecule has 2 heterocycles. The first kappa shape index (κ1) is 20.2. The van der Waals surface area contributed by atoms with Gasteiger partial charge in [-0.1, -0.05) is 12.2 Å². The summed E-state index contributed by atoms with van der Waals surface area (Å²) in [6.45, 7) is -0.365. The number of hydrogen-bond acceptors (Lipinski definition) is 7. The van der Waals surface area contributed by atoms with Gasteiger partial charge in [-0.2, -0.15) is 0 Å². The fourth-order valence-electron chi connectivity index (χ4n) is 3.53. The van der Waals surface area contributed by atoms with Crippen LogP contribution in [0.1, 0.15) is 12.8 Å². The number of anilines is 2. The Labute approximate surface area is 176 Å². The fraction of sp³-hybridized carbons (Fsp3) is 0.263. The van der Waals surface area contributed by atoms with Gasteiger partial charge in [0.05, 0.1) is 16.7 Å². The molecular weight excluding hydrogens is 428 g/mol. The van der Waals surface area contributed by atoms with Gasteiger partial charge in [0.15, 0.2) is 5.13 Å². The van der Waals surface area contributed by atoms with Crippen LogP contribution in [-0.2, 0) is 24.4 Å². The molecule has 1 saturated heterocycles. The molecule has 1 aromatic heterocycles. The maximum atomic E-state index is 12.4. The number of imide groups is 1. The first-order valence-corrected chi connectivity index (χ1v) is 11.5. The van der Waals surface area contributed by atoms with Gasteiger partial charge in [0, 0.05) is 17.3 Å². The molecule has 2 aromatic rings. The Bertz CT molecular complexity index is 1080. The predicted octanol–water partition coefficient (Wildman–Crippen LogP) is 1.83. The number of nitrogens with zero attached hydrogens (tertiary/aromatic N) is 2. The van der Waals surface area contributed by atoms with Crippen LogP contribution in [0.2, 0.25) is 0 Å². The van der Waals surface area contributed by atoms with E-state index < -0.39 is 15.9 Å². The number of thiazole rings is 1. The van der Waals surface area contributed by atoms with Crippen LogP contribution in [0.15, 0.2) is 52.9 Å². The van der Waals surface area contributed by atoms with E-state index in [2.05, 4.69) is 15.0 Å². The zero-order chi connectivity index (χ0) is 21.3. The van der Waals surface area contributed by atoms with Crippen molar-refractivity contribution in [1.29, 1.82) is 0 Å². The van der Waals surface area contributed by atoms with E-state index in [0.717, 1.165) is 16.2 Å². The van der Waals surface area contributed by atoms with Crippen LogP contribution < -0.4 is 10.0 Å². The van der Waals surface area contributed by atoms with Gasteiger partial charge >= 0.3 is 0 Å². The van der Waals surface area contributed by atoms with Crippen molar-refractivity contribution in [1.82, 2.24) is 9.88 Å². The smallest absolute Gasteiger partial charge is 0.263 e. The number of benzene rings is 1. The van der Waals surface area contributed by atoms with Gasteiger partial charge in [-0.25, -0.2) is 13.4 Å². The van der Waals surface area contributed by atoms with Crippen molar-refractivity contribution in [2.24, 2.45) is 11.8 Å². The molecule has 2 N–H and O–H groups in total. The summed E-state index contributed by atoms with van der Waals surface area (Å²) in [6, 6.07) is 5.56. The Morgan fingerprint density at radius 2 is 1.73 bits per heavy atom. The molecule has 1 aliphatic heterocycles. The average Bonchev–Trinajstić information content (AvgIpc) is 3.31. The van der Waals surface area contributed by atoms with Gasteiger partial charge in [0.25, 0.3) is 10.0 Å². The number of amides is 3. The Kier molecular flexibility index (Phi) is 5.39. The SMILES string of the molecule is O=C(CN1C(=O)[C@@H]2CC=CC[C@H]2C1=O)Nc1ccc(S(=O)(=O)Nc2nccs2)cc1. The van der Waals surface area contributed by atoms with E-state index in [-0.39, 0.29) is 40.2 Å². The molecule has 0 saturated carbocycles. The minimum Gasteiger partial charge on any atom is -0.325 e. The summed E-state index contributed by atoms with van der Waals surface area (Å²) in [5.74, 6) is -1.94. The summed E-state index contributed by atoms with van der Waals surface area (Å²) in [7, 11) is -3.79. The third-order valence-electron chi connectivity index (χ3n) is 5.00. The van der Waals surface area contributed by atoms with E-state index in [1.807, 2.05) is 12.2 Å². The number of hydrogen-bond donors (Lipinski definition) is 2.